The topological polar surface area (TPSA) is 33.2 Å². The molecule has 0 saturated heterocycles. The van der Waals surface area contributed by atoms with Crippen molar-refractivity contribution < 1.29 is 4.79 Å². The molecule has 3 nitrogen and oxygen atoms in total. The van der Waals surface area contributed by atoms with Gasteiger partial charge in [-0.3, -0.25) is 4.79 Å². The fourth-order valence-electron chi connectivity index (χ4n) is 1.16. The highest BCUT2D eigenvalue weighted by atomic mass is 35.5. The number of rotatable bonds is 4. The molecule has 0 unspecified atom stereocenters. The Labute approximate surface area is 103 Å². The van der Waals surface area contributed by atoms with Crippen molar-refractivity contribution in [1.29, 1.82) is 0 Å². The summed E-state index contributed by atoms with van der Waals surface area (Å²) < 4.78 is 0.493. The van der Waals surface area contributed by atoms with Gasteiger partial charge in [0.15, 0.2) is 4.47 Å². The first-order chi connectivity index (χ1) is 7.04. The summed E-state index contributed by atoms with van der Waals surface area (Å²) in [6, 6.07) is 0.122. The first-order valence-electron chi connectivity index (χ1n) is 4.50. The van der Waals surface area contributed by atoms with Crippen LogP contribution in [0.1, 0.15) is 18.7 Å². The molecular formula is C9H12Cl2N2OS. The molecule has 0 radical (unpaired) electrons. The van der Waals surface area contributed by atoms with E-state index in [0.717, 1.165) is 4.88 Å². The van der Waals surface area contributed by atoms with Crippen LogP contribution in [-0.2, 0) is 11.3 Å². The third kappa shape index (κ3) is 3.63. The van der Waals surface area contributed by atoms with Crippen LogP contribution in [0.25, 0.3) is 0 Å². The molecular weight excluding hydrogens is 255 g/mol. The van der Waals surface area contributed by atoms with Gasteiger partial charge in [0.2, 0.25) is 5.91 Å². The van der Waals surface area contributed by atoms with E-state index in [-0.39, 0.29) is 17.8 Å². The van der Waals surface area contributed by atoms with E-state index in [1.165, 1.54) is 11.3 Å². The minimum Gasteiger partial charge on any atom is -0.334 e. The monoisotopic (exact) mass is 266 g/mol. The molecule has 0 aliphatic heterocycles. The average molecular weight is 267 g/mol. The zero-order chi connectivity index (χ0) is 11.4. The van der Waals surface area contributed by atoms with E-state index in [4.69, 9.17) is 23.2 Å². The lowest BCUT2D eigenvalue weighted by Gasteiger charge is -2.25. The summed E-state index contributed by atoms with van der Waals surface area (Å²) >= 11 is 12.6. The van der Waals surface area contributed by atoms with Gasteiger partial charge in [0.1, 0.15) is 5.88 Å². The van der Waals surface area contributed by atoms with E-state index < -0.39 is 0 Å². The molecule has 1 amide bonds. The maximum atomic E-state index is 11.5. The highest BCUT2D eigenvalue weighted by Crippen LogP contribution is 2.20. The first kappa shape index (κ1) is 12.7. The Bertz CT molecular complexity index is 341. The Kier molecular flexibility index (Phi) is 4.83. The van der Waals surface area contributed by atoms with Crippen molar-refractivity contribution in [2.24, 2.45) is 0 Å². The second-order valence-electron chi connectivity index (χ2n) is 3.33. The Morgan fingerprint density at radius 3 is 2.73 bits per heavy atom. The molecule has 15 heavy (non-hydrogen) atoms. The molecule has 0 N–H and O–H groups in total. The number of hydrogen-bond donors (Lipinski definition) is 0. The highest BCUT2D eigenvalue weighted by molar-refractivity contribution is 7.15. The quantitative estimate of drug-likeness (QED) is 0.786. The van der Waals surface area contributed by atoms with Crippen molar-refractivity contribution in [2.45, 2.75) is 26.4 Å². The third-order valence-corrected chi connectivity index (χ3v) is 3.24. The molecule has 0 aliphatic carbocycles. The van der Waals surface area contributed by atoms with Crippen LogP contribution in [0.2, 0.25) is 4.47 Å². The second kappa shape index (κ2) is 5.68. The van der Waals surface area contributed by atoms with Crippen LogP contribution in [0, 0.1) is 0 Å². The lowest BCUT2D eigenvalue weighted by Crippen LogP contribution is -2.36. The fraction of sp³-hybridized carbons (Fsp3) is 0.556. The highest BCUT2D eigenvalue weighted by Gasteiger charge is 2.17. The first-order valence-corrected chi connectivity index (χ1v) is 6.23. The average Bonchev–Trinajstić information content (AvgIpc) is 2.59. The zero-order valence-corrected chi connectivity index (χ0v) is 10.9. The Morgan fingerprint density at radius 1 is 1.67 bits per heavy atom. The maximum absolute atomic E-state index is 11.5. The van der Waals surface area contributed by atoms with Gasteiger partial charge in [0.05, 0.1) is 6.54 Å². The lowest BCUT2D eigenvalue weighted by molar-refractivity contribution is -0.130. The van der Waals surface area contributed by atoms with Crippen LogP contribution in [0.5, 0.6) is 0 Å². The van der Waals surface area contributed by atoms with E-state index in [1.807, 2.05) is 13.8 Å². The number of carbonyl (C=O) groups is 1. The molecule has 0 fully saturated rings. The van der Waals surface area contributed by atoms with E-state index in [2.05, 4.69) is 4.98 Å². The number of nitrogens with zero attached hydrogens (tertiary/aromatic N) is 2. The van der Waals surface area contributed by atoms with Gasteiger partial charge in [-0.25, -0.2) is 4.98 Å². The largest absolute Gasteiger partial charge is 0.334 e. The molecule has 1 heterocycles. The van der Waals surface area contributed by atoms with Gasteiger partial charge < -0.3 is 4.90 Å². The predicted molar refractivity (Wildman–Crippen MR) is 63.5 cm³/mol. The van der Waals surface area contributed by atoms with Gasteiger partial charge in [0, 0.05) is 17.1 Å². The van der Waals surface area contributed by atoms with Crippen LogP contribution in [-0.4, -0.2) is 27.7 Å². The summed E-state index contributed by atoms with van der Waals surface area (Å²) in [5.74, 6) is -0.0683. The predicted octanol–water partition coefficient (Wildman–Crippen LogP) is 2.77. The minimum absolute atomic E-state index is 0.00468. The van der Waals surface area contributed by atoms with Crippen molar-refractivity contribution >= 4 is 40.4 Å². The van der Waals surface area contributed by atoms with Gasteiger partial charge in [-0.2, -0.15) is 0 Å². The number of hydrogen-bond acceptors (Lipinski definition) is 3. The summed E-state index contributed by atoms with van der Waals surface area (Å²) in [7, 11) is 0. The van der Waals surface area contributed by atoms with Crippen LogP contribution in [0.15, 0.2) is 6.20 Å². The van der Waals surface area contributed by atoms with Crippen molar-refractivity contribution in [2.75, 3.05) is 5.88 Å². The molecule has 0 aromatic carbocycles. The molecule has 1 rings (SSSR count). The van der Waals surface area contributed by atoms with E-state index in [1.54, 1.807) is 11.1 Å². The SMILES string of the molecule is CC(C)N(Cc1cnc(Cl)s1)C(=O)CCl. The van der Waals surface area contributed by atoms with Gasteiger partial charge in [0.25, 0.3) is 0 Å². The summed E-state index contributed by atoms with van der Waals surface area (Å²) in [5.41, 5.74) is 0. The van der Waals surface area contributed by atoms with Crippen LogP contribution < -0.4 is 0 Å². The Hall–Kier alpha value is -0.320. The number of alkyl halides is 1. The molecule has 0 spiro atoms. The maximum Gasteiger partial charge on any atom is 0.238 e. The summed E-state index contributed by atoms with van der Waals surface area (Å²) in [4.78, 5) is 18.1. The number of amides is 1. The Morgan fingerprint density at radius 2 is 2.33 bits per heavy atom. The molecule has 84 valence electrons. The van der Waals surface area contributed by atoms with E-state index in [9.17, 15) is 4.79 Å². The molecule has 0 bridgehead atoms. The molecule has 0 atom stereocenters. The summed E-state index contributed by atoms with van der Waals surface area (Å²) in [6.45, 7) is 4.42. The van der Waals surface area contributed by atoms with Crippen molar-refractivity contribution in [1.82, 2.24) is 9.88 Å². The van der Waals surface area contributed by atoms with Crippen molar-refractivity contribution in [3.8, 4) is 0 Å². The smallest absolute Gasteiger partial charge is 0.238 e. The van der Waals surface area contributed by atoms with E-state index in [0.29, 0.717) is 11.0 Å². The fourth-order valence-corrected chi connectivity index (χ4v) is 2.29. The number of halogens is 2. The number of aromatic nitrogens is 1. The minimum atomic E-state index is -0.0730. The normalized spacial score (nSPS) is 10.7. The van der Waals surface area contributed by atoms with Crippen LogP contribution in [0.3, 0.4) is 0 Å². The number of thiazole rings is 1. The summed E-state index contributed by atoms with van der Waals surface area (Å²) in [6.07, 6.45) is 1.68. The summed E-state index contributed by atoms with van der Waals surface area (Å²) in [5, 5.41) is 0. The lowest BCUT2D eigenvalue weighted by atomic mass is 10.3. The van der Waals surface area contributed by atoms with Crippen LogP contribution >= 0.6 is 34.5 Å². The van der Waals surface area contributed by atoms with Crippen molar-refractivity contribution in [3.05, 3.63) is 15.5 Å². The standard InChI is InChI=1S/C9H12Cl2N2OS/c1-6(2)13(8(14)3-10)5-7-4-12-9(11)15-7/h4,6H,3,5H2,1-2H3. The van der Waals surface area contributed by atoms with Crippen molar-refractivity contribution in [3.63, 3.8) is 0 Å². The molecule has 1 aromatic heterocycles. The third-order valence-electron chi connectivity index (χ3n) is 1.91. The van der Waals surface area contributed by atoms with Gasteiger partial charge in [-0.1, -0.05) is 11.6 Å². The van der Waals surface area contributed by atoms with Gasteiger partial charge >= 0.3 is 0 Å². The molecule has 6 heteroatoms. The zero-order valence-electron chi connectivity index (χ0n) is 8.54. The molecule has 0 saturated carbocycles. The molecule has 1 aromatic rings. The van der Waals surface area contributed by atoms with Gasteiger partial charge in [-0.05, 0) is 13.8 Å². The van der Waals surface area contributed by atoms with Gasteiger partial charge in [-0.15, -0.1) is 22.9 Å². The second-order valence-corrected chi connectivity index (χ2v) is 5.29. The molecule has 0 aliphatic rings. The van der Waals surface area contributed by atoms with Crippen LogP contribution in [0.4, 0.5) is 0 Å². The van der Waals surface area contributed by atoms with E-state index >= 15 is 0 Å². The number of carbonyl (C=O) groups excluding carboxylic acids is 1. The Balaban J connectivity index is 2.71.